The monoisotopic (exact) mass is 219 g/mol. The Labute approximate surface area is 95.5 Å². The Morgan fingerprint density at radius 2 is 2.31 bits per heavy atom. The normalized spacial score (nSPS) is 16.8. The van der Waals surface area contributed by atoms with Crippen LogP contribution in [0.5, 0.6) is 5.75 Å². The molecular formula is C13H17NO2. The Morgan fingerprint density at radius 3 is 2.94 bits per heavy atom. The zero-order valence-corrected chi connectivity index (χ0v) is 9.44. The average molecular weight is 219 g/mol. The highest BCUT2D eigenvalue weighted by Gasteiger charge is 2.27. The maximum Gasteiger partial charge on any atom is 0.251 e. The number of aromatic hydroxyl groups is 1. The molecule has 0 bridgehead atoms. The number of benzene rings is 1. The number of amides is 1. The van der Waals surface area contributed by atoms with Gasteiger partial charge in [0.1, 0.15) is 5.75 Å². The molecule has 1 saturated carbocycles. The van der Waals surface area contributed by atoms with Crippen LogP contribution in [-0.2, 0) is 0 Å². The molecule has 1 aromatic rings. The van der Waals surface area contributed by atoms with Crippen molar-refractivity contribution in [2.75, 3.05) is 6.54 Å². The summed E-state index contributed by atoms with van der Waals surface area (Å²) < 4.78 is 0. The minimum absolute atomic E-state index is 0.108. The minimum Gasteiger partial charge on any atom is -0.508 e. The van der Waals surface area contributed by atoms with Crippen LogP contribution in [0, 0.1) is 11.8 Å². The first kappa shape index (κ1) is 11.0. The molecule has 2 rings (SSSR count). The topological polar surface area (TPSA) is 49.3 Å². The van der Waals surface area contributed by atoms with Crippen molar-refractivity contribution in [3.8, 4) is 5.75 Å². The van der Waals surface area contributed by atoms with Gasteiger partial charge in [-0.3, -0.25) is 4.79 Å². The summed E-state index contributed by atoms with van der Waals surface area (Å²) in [7, 11) is 0. The lowest BCUT2D eigenvalue weighted by Gasteiger charge is -2.11. The molecule has 1 aliphatic rings. The van der Waals surface area contributed by atoms with Gasteiger partial charge >= 0.3 is 0 Å². The van der Waals surface area contributed by atoms with E-state index in [1.807, 2.05) is 0 Å². The molecule has 0 aliphatic heterocycles. The SMILES string of the molecule is CC(CNC(=O)c1cccc(O)c1)C1CC1. The summed E-state index contributed by atoms with van der Waals surface area (Å²) in [5.74, 6) is 1.37. The Balaban J connectivity index is 1.87. The Morgan fingerprint density at radius 1 is 1.56 bits per heavy atom. The van der Waals surface area contributed by atoms with Gasteiger partial charge in [-0.2, -0.15) is 0 Å². The first-order valence-corrected chi connectivity index (χ1v) is 5.74. The third-order valence-electron chi connectivity index (χ3n) is 3.12. The zero-order chi connectivity index (χ0) is 11.5. The molecule has 3 heteroatoms. The second kappa shape index (κ2) is 4.56. The predicted molar refractivity (Wildman–Crippen MR) is 62.3 cm³/mol. The second-order valence-corrected chi connectivity index (χ2v) is 4.58. The van der Waals surface area contributed by atoms with E-state index >= 15 is 0 Å². The number of carbonyl (C=O) groups is 1. The molecule has 2 N–H and O–H groups in total. The van der Waals surface area contributed by atoms with Gasteiger partial charge in [0.15, 0.2) is 0 Å². The van der Waals surface area contributed by atoms with Crippen LogP contribution in [-0.4, -0.2) is 17.6 Å². The molecule has 16 heavy (non-hydrogen) atoms. The molecule has 0 aromatic heterocycles. The fraction of sp³-hybridized carbons (Fsp3) is 0.462. The number of phenolic OH excluding ortho intramolecular Hbond substituents is 1. The number of nitrogens with one attached hydrogen (secondary N) is 1. The first-order valence-electron chi connectivity index (χ1n) is 5.74. The molecule has 1 atom stereocenters. The van der Waals surface area contributed by atoms with E-state index in [-0.39, 0.29) is 11.7 Å². The lowest BCUT2D eigenvalue weighted by Crippen LogP contribution is -2.28. The summed E-state index contributed by atoms with van der Waals surface area (Å²) >= 11 is 0. The number of hydrogen-bond acceptors (Lipinski definition) is 2. The standard InChI is InChI=1S/C13H17NO2/c1-9(10-5-6-10)8-14-13(16)11-3-2-4-12(15)7-11/h2-4,7,9-10,15H,5-6,8H2,1H3,(H,14,16). The smallest absolute Gasteiger partial charge is 0.251 e. The van der Waals surface area contributed by atoms with Crippen LogP contribution in [0.2, 0.25) is 0 Å². The number of rotatable bonds is 4. The van der Waals surface area contributed by atoms with Crippen LogP contribution in [0.3, 0.4) is 0 Å². The van der Waals surface area contributed by atoms with Gasteiger partial charge < -0.3 is 10.4 Å². The molecule has 86 valence electrons. The van der Waals surface area contributed by atoms with Crippen LogP contribution in [0.4, 0.5) is 0 Å². The molecule has 0 saturated heterocycles. The summed E-state index contributed by atoms with van der Waals surface area (Å²) in [6.07, 6.45) is 2.59. The van der Waals surface area contributed by atoms with Crippen molar-refractivity contribution in [2.45, 2.75) is 19.8 Å². The molecule has 1 aliphatic carbocycles. The van der Waals surface area contributed by atoms with E-state index in [1.165, 1.54) is 18.9 Å². The predicted octanol–water partition coefficient (Wildman–Crippen LogP) is 2.17. The number of carbonyl (C=O) groups excluding carboxylic acids is 1. The second-order valence-electron chi connectivity index (χ2n) is 4.58. The van der Waals surface area contributed by atoms with E-state index < -0.39 is 0 Å². The van der Waals surface area contributed by atoms with Crippen LogP contribution in [0.15, 0.2) is 24.3 Å². The lowest BCUT2D eigenvalue weighted by atomic mass is 10.1. The van der Waals surface area contributed by atoms with Crippen molar-refractivity contribution < 1.29 is 9.90 Å². The fourth-order valence-electron chi connectivity index (χ4n) is 1.83. The van der Waals surface area contributed by atoms with Gasteiger partial charge in [0.25, 0.3) is 5.91 Å². The van der Waals surface area contributed by atoms with Crippen molar-refractivity contribution >= 4 is 5.91 Å². The zero-order valence-electron chi connectivity index (χ0n) is 9.44. The van der Waals surface area contributed by atoms with Crippen LogP contribution in [0.25, 0.3) is 0 Å². The summed E-state index contributed by atoms with van der Waals surface area (Å²) in [6.45, 7) is 2.89. The largest absolute Gasteiger partial charge is 0.508 e. The highest BCUT2D eigenvalue weighted by molar-refractivity contribution is 5.94. The number of hydrogen-bond donors (Lipinski definition) is 2. The molecule has 0 spiro atoms. The van der Waals surface area contributed by atoms with Crippen molar-refractivity contribution in [1.29, 1.82) is 0 Å². The van der Waals surface area contributed by atoms with Crippen molar-refractivity contribution in [3.05, 3.63) is 29.8 Å². The van der Waals surface area contributed by atoms with Gasteiger partial charge in [0.05, 0.1) is 0 Å². The fourth-order valence-corrected chi connectivity index (χ4v) is 1.83. The van der Waals surface area contributed by atoms with Crippen molar-refractivity contribution in [3.63, 3.8) is 0 Å². The lowest BCUT2D eigenvalue weighted by molar-refractivity contribution is 0.0946. The van der Waals surface area contributed by atoms with E-state index in [0.29, 0.717) is 11.5 Å². The van der Waals surface area contributed by atoms with E-state index in [9.17, 15) is 9.90 Å². The van der Waals surface area contributed by atoms with Gasteiger partial charge in [-0.15, -0.1) is 0 Å². The van der Waals surface area contributed by atoms with E-state index in [4.69, 9.17) is 0 Å². The maximum atomic E-state index is 11.7. The van der Waals surface area contributed by atoms with Crippen molar-refractivity contribution in [1.82, 2.24) is 5.32 Å². The Hall–Kier alpha value is -1.51. The first-order chi connectivity index (χ1) is 7.66. The summed E-state index contributed by atoms with van der Waals surface area (Å²) in [4.78, 5) is 11.7. The van der Waals surface area contributed by atoms with Gasteiger partial charge in [0.2, 0.25) is 0 Å². The summed E-state index contributed by atoms with van der Waals surface area (Å²) in [5, 5.41) is 12.2. The molecule has 1 unspecified atom stereocenters. The van der Waals surface area contributed by atoms with Crippen LogP contribution < -0.4 is 5.32 Å². The van der Waals surface area contributed by atoms with Crippen LogP contribution in [0.1, 0.15) is 30.1 Å². The van der Waals surface area contributed by atoms with Crippen molar-refractivity contribution in [2.24, 2.45) is 11.8 Å². The third kappa shape index (κ3) is 2.75. The van der Waals surface area contributed by atoms with E-state index in [1.54, 1.807) is 18.2 Å². The maximum absolute atomic E-state index is 11.7. The van der Waals surface area contributed by atoms with E-state index in [2.05, 4.69) is 12.2 Å². The Kier molecular flexibility index (Phi) is 3.13. The van der Waals surface area contributed by atoms with Gasteiger partial charge in [-0.1, -0.05) is 13.0 Å². The summed E-state index contributed by atoms with van der Waals surface area (Å²) in [5.41, 5.74) is 0.517. The molecule has 1 amide bonds. The molecule has 0 heterocycles. The van der Waals surface area contributed by atoms with Gasteiger partial charge in [0, 0.05) is 12.1 Å². The van der Waals surface area contributed by atoms with Crippen LogP contribution >= 0.6 is 0 Å². The molecule has 1 aromatic carbocycles. The number of phenols is 1. The Bertz CT molecular complexity index is 385. The highest BCUT2D eigenvalue weighted by Crippen LogP contribution is 2.36. The summed E-state index contributed by atoms with van der Waals surface area (Å²) in [6, 6.07) is 6.42. The average Bonchev–Trinajstić information content (AvgIpc) is 3.09. The van der Waals surface area contributed by atoms with E-state index in [0.717, 1.165) is 12.5 Å². The van der Waals surface area contributed by atoms with Gasteiger partial charge in [-0.05, 0) is 42.9 Å². The molecular weight excluding hydrogens is 202 g/mol. The quantitative estimate of drug-likeness (QED) is 0.815. The minimum atomic E-state index is -0.108. The third-order valence-corrected chi connectivity index (χ3v) is 3.12. The molecule has 0 radical (unpaired) electrons. The molecule has 1 fully saturated rings. The molecule has 3 nitrogen and oxygen atoms in total. The highest BCUT2D eigenvalue weighted by atomic mass is 16.3. The van der Waals surface area contributed by atoms with Gasteiger partial charge in [-0.25, -0.2) is 0 Å².